The van der Waals surface area contributed by atoms with Gasteiger partial charge in [0.1, 0.15) is 5.75 Å². The van der Waals surface area contributed by atoms with Crippen molar-refractivity contribution in [3.8, 4) is 5.75 Å². The molecule has 0 aliphatic rings. The first-order valence-corrected chi connectivity index (χ1v) is 7.76. The molecule has 0 fully saturated rings. The van der Waals surface area contributed by atoms with Gasteiger partial charge in [0.05, 0.1) is 25.4 Å². The molecule has 0 spiro atoms. The predicted octanol–water partition coefficient (Wildman–Crippen LogP) is 2.17. The zero-order valence-electron chi connectivity index (χ0n) is 13.7. The fraction of sp³-hybridized carbons (Fsp3) is 0.167. The van der Waals surface area contributed by atoms with Crippen LogP contribution in [-0.4, -0.2) is 28.7 Å². The molecular weight excluding hydrogens is 320 g/mol. The van der Waals surface area contributed by atoms with E-state index < -0.39 is 5.91 Å². The molecular formula is C18H18N4O3. The Morgan fingerprint density at radius 2 is 2.08 bits per heavy atom. The van der Waals surface area contributed by atoms with Gasteiger partial charge in [0.2, 0.25) is 11.8 Å². The Hall–Kier alpha value is -3.35. The maximum Gasteiger partial charge on any atom is 0.248 e. The van der Waals surface area contributed by atoms with Gasteiger partial charge in [0.15, 0.2) is 0 Å². The van der Waals surface area contributed by atoms with Crippen molar-refractivity contribution in [1.82, 2.24) is 9.78 Å². The molecule has 3 rings (SSSR count). The number of primary amides is 1. The second-order valence-electron chi connectivity index (χ2n) is 5.54. The van der Waals surface area contributed by atoms with E-state index in [-0.39, 0.29) is 12.3 Å². The molecule has 7 heteroatoms. The Morgan fingerprint density at radius 1 is 1.24 bits per heavy atom. The van der Waals surface area contributed by atoms with Crippen LogP contribution in [0, 0.1) is 0 Å². The highest BCUT2D eigenvalue weighted by molar-refractivity contribution is 5.96. The standard InChI is InChI=1S/C18H18N4O3/c1-25-15-5-6-16-13(10-15)11-20-22(16)8-7-17(23)21-14-4-2-3-12(9-14)18(19)24/h2-6,9-11H,7-8H2,1H3,(H2,19,24)(H,21,23). The molecule has 0 bridgehead atoms. The molecule has 1 heterocycles. The lowest BCUT2D eigenvalue weighted by Gasteiger charge is -2.07. The molecule has 128 valence electrons. The number of nitrogens with one attached hydrogen (secondary N) is 1. The number of aryl methyl sites for hydroxylation is 1. The molecule has 0 aliphatic carbocycles. The maximum atomic E-state index is 12.1. The zero-order valence-corrected chi connectivity index (χ0v) is 13.7. The van der Waals surface area contributed by atoms with Gasteiger partial charge in [0.25, 0.3) is 0 Å². The number of anilines is 1. The summed E-state index contributed by atoms with van der Waals surface area (Å²) in [6, 6.07) is 12.2. The number of nitrogens with zero attached hydrogens (tertiary/aromatic N) is 2. The molecule has 1 aromatic heterocycles. The van der Waals surface area contributed by atoms with Crippen LogP contribution in [0.3, 0.4) is 0 Å². The van der Waals surface area contributed by atoms with Gasteiger partial charge in [-0.05, 0) is 36.4 Å². The number of fused-ring (bicyclic) bond motifs is 1. The van der Waals surface area contributed by atoms with E-state index in [1.807, 2.05) is 18.2 Å². The van der Waals surface area contributed by atoms with Gasteiger partial charge in [-0.3, -0.25) is 14.3 Å². The number of carbonyl (C=O) groups is 2. The minimum Gasteiger partial charge on any atom is -0.497 e. The van der Waals surface area contributed by atoms with Crippen LogP contribution in [0.15, 0.2) is 48.7 Å². The molecule has 25 heavy (non-hydrogen) atoms. The number of rotatable bonds is 6. The first kappa shape index (κ1) is 16.5. The highest BCUT2D eigenvalue weighted by atomic mass is 16.5. The topological polar surface area (TPSA) is 99.2 Å². The first-order valence-electron chi connectivity index (χ1n) is 7.76. The first-order chi connectivity index (χ1) is 12.1. The van der Waals surface area contributed by atoms with Crippen LogP contribution in [0.2, 0.25) is 0 Å². The number of nitrogens with two attached hydrogens (primary N) is 1. The SMILES string of the molecule is COc1ccc2c(cnn2CCC(=O)Nc2cccc(C(N)=O)c2)c1. The molecule has 0 saturated carbocycles. The van der Waals surface area contributed by atoms with Crippen LogP contribution in [0.1, 0.15) is 16.8 Å². The van der Waals surface area contributed by atoms with E-state index in [1.165, 1.54) is 0 Å². The van der Waals surface area contributed by atoms with E-state index in [0.29, 0.717) is 17.8 Å². The molecule has 0 saturated heterocycles. The summed E-state index contributed by atoms with van der Waals surface area (Å²) >= 11 is 0. The highest BCUT2D eigenvalue weighted by Crippen LogP contribution is 2.20. The van der Waals surface area contributed by atoms with Gasteiger partial charge in [0, 0.05) is 23.1 Å². The maximum absolute atomic E-state index is 12.1. The fourth-order valence-electron chi connectivity index (χ4n) is 2.55. The van der Waals surface area contributed by atoms with Crippen molar-refractivity contribution in [3.05, 3.63) is 54.2 Å². The Labute approximate surface area is 144 Å². The summed E-state index contributed by atoms with van der Waals surface area (Å²) in [5.74, 6) is 0.0624. The fourth-order valence-corrected chi connectivity index (χ4v) is 2.55. The third kappa shape index (κ3) is 3.77. The molecule has 7 nitrogen and oxygen atoms in total. The zero-order chi connectivity index (χ0) is 17.8. The van der Waals surface area contributed by atoms with Gasteiger partial charge < -0.3 is 15.8 Å². The smallest absolute Gasteiger partial charge is 0.248 e. The number of hydrogen-bond acceptors (Lipinski definition) is 4. The number of aromatic nitrogens is 2. The van der Waals surface area contributed by atoms with E-state index in [0.717, 1.165) is 16.7 Å². The van der Waals surface area contributed by atoms with Crippen LogP contribution in [0.5, 0.6) is 5.75 Å². The van der Waals surface area contributed by atoms with Gasteiger partial charge in [-0.25, -0.2) is 0 Å². The van der Waals surface area contributed by atoms with Crippen molar-refractivity contribution in [2.45, 2.75) is 13.0 Å². The van der Waals surface area contributed by atoms with Crippen molar-refractivity contribution >= 4 is 28.4 Å². The Morgan fingerprint density at radius 3 is 2.84 bits per heavy atom. The van der Waals surface area contributed by atoms with Crippen molar-refractivity contribution in [3.63, 3.8) is 0 Å². The monoisotopic (exact) mass is 338 g/mol. The van der Waals surface area contributed by atoms with Crippen LogP contribution in [-0.2, 0) is 11.3 Å². The summed E-state index contributed by atoms with van der Waals surface area (Å²) in [6.07, 6.45) is 2.00. The quantitative estimate of drug-likeness (QED) is 0.719. The van der Waals surface area contributed by atoms with Crippen LogP contribution in [0.25, 0.3) is 10.9 Å². The molecule has 0 aliphatic heterocycles. The summed E-state index contributed by atoms with van der Waals surface area (Å²) in [5.41, 5.74) is 7.06. The summed E-state index contributed by atoms with van der Waals surface area (Å²) < 4.78 is 6.96. The van der Waals surface area contributed by atoms with Gasteiger partial charge in [-0.1, -0.05) is 6.07 Å². The molecule has 0 radical (unpaired) electrons. The lowest BCUT2D eigenvalue weighted by Crippen LogP contribution is -2.16. The van der Waals surface area contributed by atoms with Gasteiger partial charge in [-0.15, -0.1) is 0 Å². The third-order valence-corrected chi connectivity index (χ3v) is 3.83. The normalized spacial score (nSPS) is 10.6. The summed E-state index contributed by atoms with van der Waals surface area (Å²) in [7, 11) is 1.61. The summed E-state index contributed by atoms with van der Waals surface area (Å²) in [4.78, 5) is 23.3. The van der Waals surface area contributed by atoms with Crippen molar-refractivity contribution in [2.24, 2.45) is 5.73 Å². The third-order valence-electron chi connectivity index (χ3n) is 3.83. The number of hydrogen-bond donors (Lipinski definition) is 2. The largest absolute Gasteiger partial charge is 0.497 e. The number of ether oxygens (including phenoxy) is 1. The molecule has 0 unspecified atom stereocenters. The Balaban J connectivity index is 1.64. The Bertz CT molecular complexity index is 933. The van der Waals surface area contributed by atoms with E-state index >= 15 is 0 Å². The second kappa shape index (κ2) is 7.04. The van der Waals surface area contributed by atoms with Crippen molar-refractivity contribution in [2.75, 3.05) is 12.4 Å². The molecule has 0 atom stereocenters. The molecule has 2 amide bonds. The van der Waals surface area contributed by atoms with Crippen LogP contribution < -0.4 is 15.8 Å². The van der Waals surface area contributed by atoms with Crippen LogP contribution in [0.4, 0.5) is 5.69 Å². The second-order valence-corrected chi connectivity index (χ2v) is 5.54. The highest BCUT2D eigenvalue weighted by Gasteiger charge is 2.08. The number of benzene rings is 2. The van der Waals surface area contributed by atoms with E-state index in [1.54, 1.807) is 42.3 Å². The average molecular weight is 338 g/mol. The summed E-state index contributed by atoms with van der Waals surface area (Å²) in [5, 5.41) is 8.02. The predicted molar refractivity (Wildman–Crippen MR) is 94.5 cm³/mol. The number of methoxy groups -OCH3 is 1. The lowest BCUT2D eigenvalue weighted by atomic mass is 10.2. The van der Waals surface area contributed by atoms with Crippen molar-refractivity contribution < 1.29 is 14.3 Å². The number of carbonyl (C=O) groups excluding carboxylic acids is 2. The minimum atomic E-state index is -0.533. The van der Waals surface area contributed by atoms with E-state index in [4.69, 9.17) is 10.5 Å². The number of amides is 2. The Kier molecular flexibility index (Phi) is 4.65. The lowest BCUT2D eigenvalue weighted by molar-refractivity contribution is -0.116. The van der Waals surface area contributed by atoms with Crippen LogP contribution >= 0.6 is 0 Å². The van der Waals surface area contributed by atoms with E-state index in [9.17, 15) is 9.59 Å². The molecule has 3 aromatic rings. The minimum absolute atomic E-state index is 0.168. The van der Waals surface area contributed by atoms with Gasteiger partial charge in [-0.2, -0.15) is 5.10 Å². The van der Waals surface area contributed by atoms with Crippen molar-refractivity contribution in [1.29, 1.82) is 0 Å². The average Bonchev–Trinajstić information content (AvgIpc) is 3.02. The molecule has 3 N–H and O–H groups in total. The van der Waals surface area contributed by atoms with E-state index in [2.05, 4.69) is 10.4 Å². The molecule has 2 aromatic carbocycles. The summed E-state index contributed by atoms with van der Waals surface area (Å²) in [6.45, 7) is 0.442. The van der Waals surface area contributed by atoms with Gasteiger partial charge >= 0.3 is 0 Å².